The van der Waals surface area contributed by atoms with Crippen LogP contribution in [0.5, 0.6) is 0 Å². The van der Waals surface area contributed by atoms with Crippen molar-refractivity contribution >= 4 is 17.8 Å². The highest BCUT2D eigenvalue weighted by atomic mass is 16.4. The van der Waals surface area contributed by atoms with Gasteiger partial charge in [0.15, 0.2) is 0 Å². The van der Waals surface area contributed by atoms with Gasteiger partial charge in [0.2, 0.25) is 0 Å². The van der Waals surface area contributed by atoms with Crippen molar-refractivity contribution in [1.29, 1.82) is 0 Å². The molecule has 0 aromatic heterocycles. The van der Waals surface area contributed by atoms with Crippen LogP contribution in [-0.2, 0) is 14.4 Å². The second-order valence-electron chi connectivity index (χ2n) is 6.80. The zero-order valence-corrected chi connectivity index (χ0v) is 12.2. The van der Waals surface area contributed by atoms with Crippen LogP contribution in [0.4, 0.5) is 0 Å². The maximum absolute atomic E-state index is 12.2. The van der Waals surface area contributed by atoms with E-state index in [-0.39, 0.29) is 11.8 Å². The van der Waals surface area contributed by atoms with Gasteiger partial charge in [-0.2, -0.15) is 0 Å². The van der Waals surface area contributed by atoms with E-state index in [1.807, 2.05) is 0 Å². The molecule has 0 unspecified atom stereocenters. The fraction of sp³-hybridized carbons (Fsp3) is 0.786. The smallest absolute Gasteiger partial charge is 0.326 e. The summed E-state index contributed by atoms with van der Waals surface area (Å²) >= 11 is 0. The molecule has 112 valence electrons. The summed E-state index contributed by atoms with van der Waals surface area (Å²) in [5, 5.41) is 12.0. The Balaban J connectivity index is 2.13. The lowest BCUT2D eigenvalue weighted by Gasteiger charge is -2.26. The highest BCUT2D eigenvalue weighted by Gasteiger charge is 2.50. The van der Waals surface area contributed by atoms with E-state index in [0.29, 0.717) is 6.54 Å². The summed E-state index contributed by atoms with van der Waals surface area (Å²) in [7, 11) is 0. The number of fused-ring (bicyclic) bond motifs is 1. The average Bonchev–Trinajstić information content (AvgIpc) is 2.83. The Bertz CT molecular complexity index is 441. The largest absolute Gasteiger partial charge is 0.480 e. The Labute approximate surface area is 118 Å². The van der Waals surface area contributed by atoms with E-state index in [1.54, 1.807) is 20.8 Å². The van der Waals surface area contributed by atoms with Crippen LogP contribution >= 0.6 is 0 Å². The highest BCUT2D eigenvalue weighted by Crippen LogP contribution is 2.42. The molecule has 1 saturated heterocycles. The number of nitrogens with one attached hydrogen (secondary N) is 1. The molecule has 2 rings (SSSR count). The van der Waals surface area contributed by atoms with E-state index in [4.69, 9.17) is 0 Å². The molecule has 3 atom stereocenters. The van der Waals surface area contributed by atoms with Crippen molar-refractivity contribution in [1.82, 2.24) is 10.2 Å². The van der Waals surface area contributed by atoms with Crippen LogP contribution in [-0.4, -0.2) is 45.9 Å². The van der Waals surface area contributed by atoms with Crippen LogP contribution < -0.4 is 5.32 Å². The van der Waals surface area contributed by atoms with E-state index in [9.17, 15) is 19.5 Å². The van der Waals surface area contributed by atoms with Gasteiger partial charge in [-0.25, -0.2) is 4.79 Å². The van der Waals surface area contributed by atoms with Gasteiger partial charge in [-0.1, -0.05) is 6.42 Å². The van der Waals surface area contributed by atoms with E-state index < -0.39 is 29.4 Å². The zero-order valence-electron chi connectivity index (χ0n) is 12.2. The number of carbonyl (C=O) groups excluding carboxylic acids is 2. The zero-order chi connectivity index (χ0) is 15.1. The first-order valence-electron chi connectivity index (χ1n) is 7.06. The summed E-state index contributed by atoms with van der Waals surface area (Å²) in [4.78, 5) is 36.8. The number of nitrogens with zero attached hydrogens (tertiary/aromatic N) is 1. The molecule has 0 bridgehead atoms. The fourth-order valence-electron chi connectivity index (χ4n) is 3.36. The van der Waals surface area contributed by atoms with Crippen molar-refractivity contribution in [3.63, 3.8) is 0 Å². The highest BCUT2D eigenvalue weighted by molar-refractivity contribution is 6.35. The van der Waals surface area contributed by atoms with E-state index in [2.05, 4.69) is 5.32 Å². The lowest BCUT2D eigenvalue weighted by atomic mass is 9.94. The van der Waals surface area contributed by atoms with Crippen molar-refractivity contribution in [2.75, 3.05) is 6.54 Å². The summed E-state index contributed by atoms with van der Waals surface area (Å²) < 4.78 is 0. The number of hydrogen-bond acceptors (Lipinski definition) is 3. The van der Waals surface area contributed by atoms with E-state index in [0.717, 1.165) is 19.3 Å². The molecule has 2 aliphatic rings. The van der Waals surface area contributed by atoms with Crippen molar-refractivity contribution in [3.05, 3.63) is 0 Å². The predicted molar refractivity (Wildman–Crippen MR) is 71.9 cm³/mol. The standard InChI is InChI=1S/C14H22N2O4/c1-14(2,3)15-11(17)12(18)16-7-8-5-4-6-9(8)10(16)13(19)20/h8-10H,4-7H2,1-3H3,(H,15,17)(H,19,20)/t8-,9-,10-/m0/s1. The normalized spacial score (nSPS) is 29.1. The number of hydrogen-bond donors (Lipinski definition) is 2. The molecule has 1 aliphatic carbocycles. The molecule has 0 aromatic carbocycles. The molecule has 2 fully saturated rings. The monoisotopic (exact) mass is 282 g/mol. The lowest BCUT2D eigenvalue weighted by molar-refractivity contribution is -0.154. The Kier molecular flexibility index (Phi) is 3.75. The Morgan fingerprint density at radius 2 is 1.85 bits per heavy atom. The third-order valence-electron chi connectivity index (χ3n) is 4.09. The number of carboxylic acid groups (broad SMARTS) is 1. The van der Waals surface area contributed by atoms with Crippen molar-refractivity contribution < 1.29 is 19.5 Å². The molecular weight excluding hydrogens is 260 g/mol. The number of amides is 2. The maximum Gasteiger partial charge on any atom is 0.326 e. The van der Waals surface area contributed by atoms with E-state index in [1.165, 1.54) is 4.90 Å². The number of aliphatic carboxylic acids is 1. The quantitative estimate of drug-likeness (QED) is 0.690. The van der Waals surface area contributed by atoms with Crippen molar-refractivity contribution in [3.8, 4) is 0 Å². The minimum atomic E-state index is -1.00. The molecule has 0 aromatic rings. The van der Waals surface area contributed by atoms with Gasteiger partial charge in [0.25, 0.3) is 0 Å². The van der Waals surface area contributed by atoms with Crippen LogP contribution in [0.1, 0.15) is 40.0 Å². The Morgan fingerprint density at radius 1 is 1.20 bits per heavy atom. The van der Waals surface area contributed by atoms with Crippen molar-refractivity contribution in [2.45, 2.75) is 51.6 Å². The summed E-state index contributed by atoms with van der Waals surface area (Å²) in [6.07, 6.45) is 2.78. The fourth-order valence-corrected chi connectivity index (χ4v) is 3.36. The molecule has 1 aliphatic heterocycles. The van der Waals surface area contributed by atoms with E-state index >= 15 is 0 Å². The second-order valence-corrected chi connectivity index (χ2v) is 6.80. The third kappa shape index (κ3) is 2.78. The maximum atomic E-state index is 12.2. The van der Waals surface area contributed by atoms with Gasteiger partial charge >= 0.3 is 17.8 Å². The van der Waals surface area contributed by atoms with Crippen LogP contribution in [0, 0.1) is 11.8 Å². The van der Waals surface area contributed by atoms with Gasteiger partial charge in [0.05, 0.1) is 0 Å². The minimum absolute atomic E-state index is 0.00103. The van der Waals surface area contributed by atoms with Crippen LogP contribution in [0.2, 0.25) is 0 Å². The Hall–Kier alpha value is -1.59. The molecule has 2 amide bonds. The predicted octanol–water partition coefficient (Wildman–Crippen LogP) is 0.613. The van der Waals surface area contributed by atoms with Crippen LogP contribution in [0.3, 0.4) is 0 Å². The molecule has 6 heteroatoms. The van der Waals surface area contributed by atoms with Crippen molar-refractivity contribution in [2.24, 2.45) is 11.8 Å². The SMILES string of the molecule is CC(C)(C)NC(=O)C(=O)N1C[C@@H]2CCC[C@@H]2[C@H]1C(=O)O. The topological polar surface area (TPSA) is 86.7 Å². The molecule has 1 heterocycles. The number of rotatable bonds is 1. The first-order valence-corrected chi connectivity index (χ1v) is 7.06. The van der Waals surface area contributed by atoms with Gasteiger partial charge < -0.3 is 15.3 Å². The number of likely N-dealkylation sites (tertiary alicyclic amines) is 1. The van der Waals surface area contributed by atoms with Gasteiger partial charge in [-0.3, -0.25) is 9.59 Å². The number of carbonyl (C=O) groups is 3. The van der Waals surface area contributed by atoms with Gasteiger partial charge in [0.1, 0.15) is 6.04 Å². The van der Waals surface area contributed by atoms with Gasteiger partial charge in [-0.05, 0) is 45.4 Å². The molecule has 20 heavy (non-hydrogen) atoms. The second kappa shape index (κ2) is 5.07. The molecule has 2 N–H and O–H groups in total. The lowest BCUT2D eigenvalue weighted by Crippen LogP contribution is -2.52. The molecule has 0 radical (unpaired) electrons. The van der Waals surface area contributed by atoms with Crippen LogP contribution in [0.25, 0.3) is 0 Å². The minimum Gasteiger partial charge on any atom is -0.480 e. The molecule has 1 saturated carbocycles. The molecular formula is C14H22N2O4. The Morgan fingerprint density at radius 3 is 2.40 bits per heavy atom. The summed E-state index contributed by atoms with van der Waals surface area (Å²) in [6, 6.07) is -0.847. The van der Waals surface area contributed by atoms with Gasteiger partial charge in [0, 0.05) is 12.1 Å². The first kappa shape index (κ1) is 14.8. The van der Waals surface area contributed by atoms with Gasteiger partial charge in [-0.15, -0.1) is 0 Å². The summed E-state index contributed by atoms with van der Waals surface area (Å²) in [5.41, 5.74) is -0.513. The third-order valence-corrected chi connectivity index (χ3v) is 4.09. The molecule has 6 nitrogen and oxygen atoms in total. The first-order chi connectivity index (χ1) is 9.20. The average molecular weight is 282 g/mol. The summed E-state index contributed by atoms with van der Waals surface area (Å²) in [5.74, 6) is -2.22. The molecule has 0 spiro atoms. The summed E-state index contributed by atoms with van der Waals surface area (Å²) in [6.45, 7) is 5.74. The van der Waals surface area contributed by atoms with Crippen LogP contribution in [0.15, 0.2) is 0 Å². The number of carboxylic acids is 1.